The number of amides is 1. The van der Waals surface area contributed by atoms with E-state index in [2.05, 4.69) is 16.0 Å². The minimum absolute atomic E-state index is 0.201. The Labute approximate surface area is 178 Å². The number of carbonyl (C=O) groups excluding carboxylic acids is 1. The third-order valence-electron chi connectivity index (χ3n) is 3.51. The first-order valence-corrected chi connectivity index (χ1v) is 9.39. The fourth-order valence-electron chi connectivity index (χ4n) is 2.18. The minimum atomic E-state index is -1.83. The molecule has 9 heteroatoms. The second-order valence-corrected chi connectivity index (χ2v) is 8.42. The van der Waals surface area contributed by atoms with Gasteiger partial charge in [0.05, 0.1) is 7.11 Å². The van der Waals surface area contributed by atoms with E-state index in [1.165, 1.54) is 0 Å². The van der Waals surface area contributed by atoms with Gasteiger partial charge in [-0.3, -0.25) is 4.79 Å². The summed E-state index contributed by atoms with van der Waals surface area (Å²) in [6, 6.07) is 14.1. The number of methoxy groups -OCH3 is 1. The van der Waals surface area contributed by atoms with E-state index >= 15 is 0 Å². The first-order valence-electron chi connectivity index (χ1n) is 7.85. The van der Waals surface area contributed by atoms with Crippen molar-refractivity contribution in [1.82, 2.24) is 10.6 Å². The Morgan fingerprint density at radius 2 is 1.78 bits per heavy atom. The number of hydrogen-bond donors (Lipinski definition) is 3. The average molecular weight is 447 g/mol. The van der Waals surface area contributed by atoms with Gasteiger partial charge in [0, 0.05) is 11.3 Å². The van der Waals surface area contributed by atoms with Crippen LogP contribution in [0.5, 0.6) is 5.75 Å². The number of halogens is 3. The molecule has 27 heavy (non-hydrogen) atoms. The predicted molar refractivity (Wildman–Crippen MR) is 115 cm³/mol. The lowest BCUT2D eigenvalue weighted by Crippen LogP contribution is -2.56. The number of thiocarbonyl (C=S) groups is 1. The number of hydrogen-bond acceptors (Lipinski definition) is 3. The van der Waals surface area contributed by atoms with Gasteiger partial charge in [0.2, 0.25) is 3.79 Å². The SMILES string of the molecule is COc1ccc(C(=O)N[C@@H](NC(=S)Nc2cccc(C)c2)C(Cl)(Cl)Cl)cc1. The van der Waals surface area contributed by atoms with Crippen molar-refractivity contribution in [2.24, 2.45) is 0 Å². The van der Waals surface area contributed by atoms with Crippen LogP contribution in [0.1, 0.15) is 15.9 Å². The highest BCUT2D eigenvalue weighted by molar-refractivity contribution is 7.80. The van der Waals surface area contributed by atoms with Crippen LogP contribution in [-0.4, -0.2) is 28.1 Å². The summed E-state index contributed by atoms with van der Waals surface area (Å²) in [6.07, 6.45) is -1.05. The molecule has 0 saturated heterocycles. The molecule has 2 aromatic carbocycles. The maximum absolute atomic E-state index is 12.5. The Morgan fingerprint density at radius 1 is 1.11 bits per heavy atom. The third-order valence-corrected chi connectivity index (χ3v) is 4.38. The van der Waals surface area contributed by atoms with Crippen LogP contribution in [0.4, 0.5) is 5.69 Å². The Hall–Kier alpha value is -1.73. The van der Waals surface area contributed by atoms with E-state index in [1.807, 2.05) is 31.2 Å². The second kappa shape index (κ2) is 9.46. The monoisotopic (exact) mass is 445 g/mol. The molecule has 0 aliphatic heterocycles. The Balaban J connectivity index is 2.06. The van der Waals surface area contributed by atoms with Crippen molar-refractivity contribution in [2.75, 3.05) is 12.4 Å². The molecule has 1 atom stereocenters. The lowest BCUT2D eigenvalue weighted by Gasteiger charge is -2.27. The van der Waals surface area contributed by atoms with Gasteiger partial charge in [-0.15, -0.1) is 0 Å². The van der Waals surface area contributed by atoms with Gasteiger partial charge in [-0.2, -0.15) is 0 Å². The van der Waals surface area contributed by atoms with E-state index in [0.29, 0.717) is 11.3 Å². The molecular weight excluding hydrogens is 429 g/mol. The highest BCUT2D eigenvalue weighted by Crippen LogP contribution is 2.29. The summed E-state index contributed by atoms with van der Waals surface area (Å²) >= 11 is 23.3. The zero-order valence-electron chi connectivity index (χ0n) is 14.6. The van der Waals surface area contributed by atoms with Crippen molar-refractivity contribution in [3.05, 3.63) is 59.7 Å². The number of nitrogens with one attached hydrogen (secondary N) is 3. The fraction of sp³-hybridized carbons (Fsp3) is 0.222. The van der Waals surface area contributed by atoms with Crippen molar-refractivity contribution < 1.29 is 9.53 Å². The van der Waals surface area contributed by atoms with E-state index in [4.69, 9.17) is 51.8 Å². The Morgan fingerprint density at radius 3 is 2.33 bits per heavy atom. The van der Waals surface area contributed by atoms with Crippen LogP contribution in [0, 0.1) is 6.92 Å². The normalized spacial score (nSPS) is 12.0. The number of benzene rings is 2. The predicted octanol–water partition coefficient (Wildman–Crippen LogP) is 4.42. The quantitative estimate of drug-likeness (QED) is 0.361. The lowest BCUT2D eigenvalue weighted by atomic mass is 10.2. The standard InChI is InChI=1S/C18H18Cl3N3O2S/c1-11-4-3-5-13(10-11)22-17(27)24-16(18(19,20)21)23-15(25)12-6-8-14(26-2)9-7-12/h3-10,16H,1-2H3,(H,23,25)(H2,22,24,27)/t16-/m0/s1. The van der Waals surface area contributed by atoms with Crippen LogP contribution in [-0.2, 0) is 0 Å². The molecule has 0 radical (unpaired) electrons. The topological polar surface area (TPSA) is 62.4 Å². The summed E-state index contributed by atoms with van der Waals surface area (Å²) in [5, 5.41) is 8.63. The van der Waals surface area contributed by atoms with Gasteiger partial charge in [0.15, 0.2) is 5.11 Å². The third kappa shape index (κ3) is 6.74. The molecule has 0 spiro atoms. The summed E-state index contributed by atoms with van der Waals surface area (Å²) < 4.78 is 3.24. The number of rotatable bonds is 5. The van der Waals surface area contributed by atoms with Crippen molar-refractivity contribution in [2.45, 2.75) is 16.9 Å². The highest BCUT2D eigenvalue weighted by atomic mass is 35.6. The summed E-state index contributed by atoms with van der Waals surface area (Å²) in [5.41, 5.74) is 2.22. The summed E-state index contributed by atoms with van der Waals surface area (Å²) in [6.45, 7) is 1.96. The molecule has 0 aliphatic rings. The molecule has 144 valence electrons. The maximum atomic E-state index is 12.5. The number of anilines is 1. The Kier molecular flexibility index (Phi) is 7.56. The van der Waals surface area contributed by atoms with Gasteiger partial charge in [0.25, 0.3) is 5.91 Å². The van der Waals surface area contributed by atoms with Crippen LogP contribution in [0.25, 0.3) is 0 Å². The Bertz CT molecular complexity index is 810. The first-order chi connectivity index (χ1) is 12.7. The van der Waals surface area contributed by atoms with Gasteiger partial charge < -0.3 is 20.7 Å². The number of alkyl halides is 3. The molecule has 0 saturated carbocycles. The van der Waals surface area contributed by atoms with Crippen LogP contribution >= 0.6 is 47.0 Å². The van der Waals surface area contributed by atoms with Crippen molar-refractivity contribution in [1.29, 1.82) is 0 Å². The summed E-state index contributed by atoms with van der Waals surface area (Å²) in [4.78, 5) is 12.5. The minimum Gasteiger partial charge on any atom is -0.497 e. The van der Waals surface area contributed by atoms with Crippen molar-refractivity contribution >= 4 is 63.7 Å². The van der Waals surface area contributed by atoms with Crippen molar-refractivity contribution in [3.63, 3.8) is 0 Å². The van der Waals surface area contributed by atoms with Gasteiger partial charge in [-0.05, 0) is 61.1 Å². The van der Waals surface area contributed by atoms with E-state index in [0.717, 1.165) is 11.3 Å². The maximum Gasteiger partial charge on any atom is 0.252 e. The second-order valence-electron chi connectivity index (χ2n) is 5.64. The molecule has 2 aromatic rings. The zero-order chi connectivity index (χ0) is 20.0. The molecule has 0 fully saturated rings. The molecule has 0 heterocycles. The molecule has 0 aliphatic carbocycles. The first kappa shape index (κ1) is 21.6. The number of ether oxygens (including phenoxy) is 1. The van der Waals surface area contributed by atoms with Crippen LogP contribution in [0.3, 0.4) is 0 Å². The summed E-state index contributed by atoms with van der Waals surface area (Å²) in [7, 11) is 1.54. The van der Waals surface area contributed by atoms with Crippen molar-refractivity contribution in [3.8, 4) is 5.75 Å². The molecule has 3 N–H and O–H groups in total. The average Bonchev–Trinajstić information content (AvgIpc) is 2.60. The van der Waals surface area contributed by atoms with Crippen LogP contribution < -0.4 is 20.7 Å². The molecule has 0 bridgehead atoms. The highest BCUT2D eigenvalue weighted by Gasteiger charge is 2.34. The zero-order valence-corrected chi connectivity index (χ0v) is 17.6. The number of carbonyl (C=O) groups is 1. The molecule has 2 rings (SSSR count). The summed E-state index contributed by atoms with van der Waals surface area (Å²) in [5.74, 6) is 0.200. The molecule has 1 amide bonds. The fourth-order valence-corrected chi connectivity index (χ4v) is 2.74. The van der Waals surface area contributed by atoms with E-state index < -0.39 is 15.9 Å². The molecule has 0 aromatic heterocycles. The molecular formula is C18H18Cl3N3O2S. The van der Waals surface area contributed by atoms with E-state index in [1.54, 1.807) is 31.4 Å². The molecule has 0 unspecified atom stereocenters. The van der Waals surface area contributed by atoms with E-state index in [9.17, 15) is 4.79 Å². The van der Waals surface area contributed by atoms with Crippen LogP contribution in [0.15, 0.2) is 48.5 Å². The molecule has 5 nitrogen and oxygen atoms in total. The van der Waals surface area contributed by atoms with E-state index in [-0.39, 0.29) is 5.11 Å². The smallest absolute Gasteiger partial charge is 0.252 e. The van der Waals surface area contributed by atoms with Gasteiger partial charge in [-0.1, -0.05) is 46.9 Å². The van der Waals surface area contributed by atoms with Crippen LogP contribution in [0.2, 0.25) is 0 Å². The lowest BCUT2D eigenvalue weighted by molar-refractivity contribution is 0.0934. The van der Waals surface area contributed by atoms with Gasteiger partial charge in [0.1, 0.15) is 11.9 Å². The number of aryl methyl sites for hydroxylation is 1. The van der Waals surface area contributed by atoms with Gasteiger partial charge in [-0.25, -0.2) is 0 Å². The largest absolute Gasteiger partial charge is 0.497 e. The van der Waals surface area contributed by atoms with Gasteiger partial charge >= 0.3 is 0 Å².